The van der Waals surface area contributed by atoms with Crippen LogP contribution < -0.4 is 4.90 Å². The Morgan fingerprint density at radius 3 is 2.80 bits per heavy atom. The van der Waals surface area contributed by atoms with Gasteiger partial charge in [-0.25, -0.2) is 9.18 Å². The molecule has 0 aromatic heterocycles. The second-order valence-electron chi connectivity index (χ2n) is 5.07. The molecule has 2 rings (SSSR count). The van der Waals surface area contributed by atoms with Gasteiger partial charge in [-0.05, 0) is 24.8 Å². The Morgan fingerprint density at radius 2 is 2.25 bits per heavy atom. The predicted molar refractivity (Wildman–Crippen MR) is 70.2 cm³/mol. The first kappa shape index (κ1) is 14.2. The number of carboxylic acids is 1. The van der Waals surface area contributed by atoms with Gasteiger partial charge in [-0.2, -0.15) is 0 Å². The molecule has 1 N–H and O–H groups in total. The van der Waals surface area contributed by atoms with Crippen LogP contribution >= 0.6 is 0 Å². The molecule has 1 aromatic rings. The van der Waals surface area contributed by atoms with Crippen molar-refractivity contribution in [3.63, 3.8) is 0 Å². The van der Waals surface area contributed by atoms with Gasteiger partial charge >= 0.3 is 5.97 Å². The van der Waals surface area contributed by atoms with Gasteiger partial charge in [0.25, 0.3) is 5.69 Å². The second kappa shape index (κ2) is 5.44. The Morgan fingerprint density at radius 1 is 1.55 bits per heavy atom. The molecular formula is C13H15FN2O4. The number of piperidine rings is 1. The topological polar surface area (TPSA) is 83.7 Å². The highest BCUT2D eigenvalue weighted by Crippen LogP contribution is 2.31. The molecule has 2 atom stereocenters. The lowest BCUT2D eigenvalue weighted by atomic mass is 9.92. The van der Waals surface area contributed by atoms with E-state index in [1.807, 2.05) is 6.92 Å². The van der Waals surface area contributed by atoms with Crippen molar-refractivity contribution in [2.75, 3.05) is 11.4 Å². The molecular weight excluding hydrogens is 267 g/mol. The van der Waals surface area contributed by atoms with E-state index in [0.717, 1.165) is 12.5 Å². The summed E-state index contributed by atoms with van der Waals surface area (Å²) in [5, 5.41) is 19.8. The number of hydrogen-bond donors (Lipinski definition) is 1. The molecule has 0 saturated carbocycles. The molecule has 1 saturated heterocycles. The van der Waals surface area contributed by atoms with Gasteiger partial charge in [-0.3, -0.25) is 10.1 Å². The van der Waals surface area contributed by atoms with E-state index in [9.17, 15) is 24.4 Å². The van der Waals surface area contributed by atoms with Crippen molar-refractivity contribution in [3.05, 3.63) is 34.1 Å². The highest BCUT2D eigenvalue weighted by atomic mass is 19.1. The average Bonchev–Trinajstić information content (AvgIpc) is 2.38. The van der Waals surface area contributed by atoms with E-state index >= 15 is 0 Å². The van der Waals surface area contributed by atoms with E-state index < -0.39 is 22.8 Å². The van der Waals surface area contributed by atoms with Gasteiger partial charge in [0.15, 0.2) is 5.82 Å². The molecule has 6 nitrogen and oxygen atoms in total. The third-order valence-electron chi connectivity index (χ3n) is 3.60. The van der Waals surface area contributed by atoms with Crippen molar-refractivity contribution in [2.45, 2.75) is 25.8 Å². The molecule has 0 bridgehead atoms. The van der Waals surface area contributed by atoms with Gasteiger partial charge in [0.1, 0.15) is 6.04 Å². The zero-order valence-electron chi connectivity index (χ0n) is 11.0. The number of anilines is 1. The van der Waals surface area contributed by atoms with Crippen LogP contribution in [0.5, 0.6) is 0 Å². The van der Waals surface area contributed by atoms with Crippen LogP contribution in [0.25, 0.3) is 0 Å². The zero-order chi connectivity index (χ0) is 14.9. The molecule has 0 amide bonds. The van der Waals surface area contributed by atoms with Crippen LogP contribution in [0.3, 0.4) is 0 Å². The summed E-state index contributed by atoms with van der Waals surface area (Å²) < 4.78 is 14.0. The Kier molecular flexibility index (Phi) is 3.87. The molecule has 0 aliphatic carbocycles. The first-order chi connectivity index (χ1) is 9.40. The number of hydrogen-bond acceptors (Lipinski definition) is 4. The summed E-state index contributed by atoms with van der Waals surface area (Å²) in [5.74, 6) is -1.51. The number of carboxylic acid groups (broad SMARTS) is 1. The van der Waals surface area contributed by atoms with Crippen molar-refractivity contribution < 1.29 is 19.2 Å². The van der Waals surface area contributed by atoms with E-state index in [2.05, 4.69) is 0 Å². The summed E-state index contributed by atoms with van der Waals surface area (Å²) >= 11 is 0. The SMILES string of the molecule is CC1CCN(c2ccc([N+](=O)[O-])cc2F)C(C(=O)O)C1. The fourth-order valence-corrected chi connectivity index (χ4v) is 2.51. The smallest absolute Gasteiger partial charge is 0.326 e. The normalized spacial score (nSPS) is 22.6. The summed E-state index contributed by atoms with van der Waals surface area (Å²) in [6.45, 7) is 2.38. The van der Waals surface area contributed by atoms with Crippen molar-refractivity contribution >= 4 is 17.3 Å². The summed E-state index contributed by atoms with van der Waals surface area (Å²) in [6, 6.07) is 2.50. The van der Waals surface area contributed by atoms with Crippen LogP contribution in [-0.2, 0) is 4.79 Å². The minimum absolute atomic E-state index is 0.106. The monoisotopic (exact) mass is 282 g/mol. The van der Waals surface area contributed by atoms with E-state index in [1.54, 1.807) is 0 Å². The molecule has 1 aliphatic heterocycles. The molecule has 2 unspecified atom stereocenters. The molecule has 1 heterocycles. The van der Waals surface area contributed by atoms with Crippen molar-refractivity contribution in [2.24, 2.45) is 5.92 Å². The molecule has 0 radical (unpaired) electrons. The summed E-state index contributed by atoms with van der Waals surface area (Å²) in [7, 11) is 0. The Hall–Kier alpha value is -2.18. The molecule has 1 aromatic carbocycles. The second-order valence-corrected chi connectivity index (χ2v) is 5.07. The third kappa shape index (κ3) is 2.71. The lowest BCUT2D eigenvalue weighted by Crippen LogP contribution is -2.47. The maximum Gasteiger partial charge on any atom is 0.326 e. The van der Waals surface area contributed by atoms with E-state index in [-0.39, 0.29) is 17.3 Å². The van der Waals surface area contributed by atoms with Gasteiger partial charge in [-0.1, -0.05) is 6.92 Å². The number of rotatable bonds is 3. The maximum atomic E-state index is 14.0. The van der Waals surface area contributed by atoms with Crippen LogP contribution in [-0.4, -0.2) is 28.6 Å². The molecule has 1 fully saturated rings. The largest absolute Gasteiger partial charge is 0.480 e. The van der Waals surface area contributed by atoms with Crippen molar-refractivity contribution in [3.8, 4) is 0 Å². The van der Waals surface area contributed by atoms with Gasteiger partial charge in [0, 0.05) is 12.6 Å². The fraction of sp³-hybridized carbons (Fsp3) is 0.462. The molecule has 20 heavy (non-hydrogen) atoms. The zero-order valence-corrected chi connectivity index (χ0v) is 11.0. The summed E-state index contributed by atoms with van der Waals surface area (Å²) in [5.41, 5.74) is -0.238. The number of nitro groups is 1. The Bertz CT molecular complexity index is 549. The average molecular weight is 282 g/mol. The molecule has 108 valence electrons. The number of benzene rings is 1. The van der Waals surface area contributed by atoms with Crippen molar-refractivity contribution in [1.82, 2.24) is 0 Å². The van der Waals surface area contributed by atoms with Gasteiger partial charge in [0.05, 0.1) is 16.7 Å². The number of halogens is 1. The maximum absolute atomic E-state index is 14.0. The highest BCUT2D eigenvalue weighted by Gasteiger charge is 2.33. The number of nitrogens with zero attached hydrogens (tertiary/aromatic N) is 2. The fourth-order valence-electron chi connectivity index (χ4n) is 2.51. The predicted octanol–water partition coefficient (Wildman–Crippen LogP) is 2.42. The van der Waals surface area contributed by atoms with E-state index in [4.69, 9.17) is 0 Å². The Balaban J connectivity index is 2.34. The summed E-state index contributed by atoms with van der Waals surface area (Å²) in [4.78, 5) is 22.7. The molecule has 0 spiro atoms. The minimum Gasteiger partial charge on any atom is -0.480 e. The number of carbonyl (C=O) groups is 1. The highest BCUT2D eigenvalue weighted by molar-refractivity contribution is 5.78. The Labute approximate surface area is 115 Å². The standard InChI is InChI=1S/C13H15FN2O4/c1-8-4-5-15(12(6-8)13(17)18)11-3-2-9(16(19)20)7-10(11)14/h2-3,7-8,12H,4-6H2,1H3,(H,17,18). The quantitative estimate of drug-likeness (QED) is 0.680. The number of aliphatic carboxylic acids is 1. The van der Waals surface area contributed by atoms with E-state index in [0.29, 0.717) is 13.0 Å². The molecule has 7 heteroatoms. The van der Waals surface area contributed by atoms with Gasteiger partial charge in [0.2, 0.25) is 0 Å². The number of nitro benzene ring substituents is 1. The first-order valence-electron chi connectivity index (χ1n) is 6.33. The minimum atomic E-state index is -1.01. The molecule has 1 aliphatic rings. The third-order valence-corrected chi connectivity index (χ3v) is 3.60. The van der Waals surface area contributed by atoms with Crippen molar-refractivity contribution in [1.29, 1.82) is 0 Å². The van der Waals surface area contributed by atoms with Crippen LogP contribution in [0, 0.1) is 21.8 Å². The number of non-ortho nitro benzene ring substituents is 1. The van der Waals surface area contributed by atoms with Crippen LogP contribution in [0.2, 0.25) is 0 Å². The van der Waals surface area contributed by atoms with Crippen LogP contribution in [0.1, 0.15) is 19.8 Å². The lowest BCUT2D eigenvalue weighted by molar-refractivity contribution is -0.385. The van der Waals surface area contributed by atoms with Gasteiger partial charge in [-0.15, -0.1) is 0 Å². The van der Waals surface area contributed by atoms with E-state index in [1.165, 1.54) is 17.0 Å². The summed E-state index contributed by atoms with van der Waals surface area (Å²) in [6.07, 6.45) is 1.20. The van der Waals surface area contributed by atoms with Crippen LogP contribution in [0.15, 0.2) is 18.2 Å². The van der Waals surface area contributed by atoms with Gasteiger partial charge < -0.3 is 10.0 Å². The lowest BCUT2D eigenvalue weighted by Gasteiger charge is -2.37. The first-order valence-corrected chi connectivity index (χ1v) is 6.33. The van der Waals surface area contributed by atoms with Crippen LogP contribution in [0.4, 0.5) is 15.8 Å².